The van der Waals surface area contributed by atoms with Gasteiger partial charge < -0.3 is 14.4 Å². The van der Waals surface area contributed by atoms with Gasteiger partial charge in [0.2, 0.25) is 0 Å². The number of methoxy groups -OCH3 is 2. The van der Waals surface area contributed by atoms with Crippen LogP contribution in [0.1, 0.15) is 0 Å². The Balaban J connectivity index is 2.58. The van der Waals surface area contributed by atoms with E-state index in [-0.39, 0.29) is 0 Å². The lowest BCUT2D eigenvalue weighted by Gasteiger charge is -2.21. The standard InChI is InChI=1S/C8H14ClN3O2S/c1-13-5-3-12(4-6-14-2)8-7(9)10-15-11-8/h3-6H2,1-2H3. The van der Waals surface area contributed by atoms with Gasteiger partial charge in [0.1, 0.15) is 0 Å². The first-order chi connectivity index (χ1) is 7.29. The molecule has 0 fully saturated rings. The number of hydrogen-bond acceptors (Lipinski definition) is 6. The van der Waals surface area contributed by atoms with E-state index in [1.807, 2.05) is 4.90 Å². The molecule has 5 nitrogen and oxygen atoms in total. The first-order valence-corrected chi connectivity index (χ1v) is 5.61. The molecule has 0 radical (unpaired) electrons. The lowest BCUT2D eigenvalue weighted by Crippen LogP contribution is -2.31. The van der Waals surface area contributed by atoms with E-state index in [1.54, 1.807) is 14.2 Å². The highest BCUT2D eigenvalue weighted by atomic mass is 35.5. The van der Waals surface area contributed by atoms with Crippen molar-refractivity contribution in [2.45, 2.75) is 0 Å². The van der Waals surface area contributed by atoms with E-state index in [0.717, 1.165) is 24.8 Å². The average Bonchev–Trinajstić information content (AvgIpc) is 2.65. The Kier molecular flexibility index (Phi) is 5.85. The molecule has 0 aliphatic rings. The highest BCUT2D eigenvalue weighted by molar-refractivity contribution is 6.99. The zero-order valence-corrected chi connectivity index (χ0v) is 10.3. The maximum Gasteiger partial charge on any atom is 0.187 e. The average molecular weight is 252 g/mol. The molecule has 0 saturated carbocycles. The Bertz CT molecular complexity index is 277. The van der Waals surface area contributed by atoms with Gasteiger partial charge in [0.05, 0.1) is 24.9 Å². The molecule has 1 rings (SSSR count). The summed E-state index contributed by atoms with van der Waals surface area (Å²) in [7, 11) is 3.32. The smallest absolute Gasteiger partial charge is 0.187 e. The second kappa shape index (κ2) is 6.95. The maximum absolute atomic E-state index is 5.91. The number of ether oxygens (including phenoxy) is 2. The molecule has 7 heteroatoms. The summed E-state index contributed by atoms with van der Waals surface area (Å²) in [4.78, 5) is 2.00. The van der Waals surface area contributed by atoms with E-state index < -0.39 is 0 Å². The molecule has 0 atom stereocenters. The van der Waals surface area contributed by atoms with Crippen LogP contribution in [0.25, 0.3) is 0 Å². The first kappa shape index (κ1) is 12.6. The second-order valence-corrected chi connectivity index (χ2v) is 3.74. The Morgan fingerprint density at radius 1 is 1.20 bits per heavy atom. The summed E-state index contributed by atoms with van der Waals surface area (Å²) in [5.41, 5.74) is 0. The predicted molar refractivity (Wildman–Crippen MR) is 60.9 cm³/mol. The number of halogens is 1. The van der Waals surface area contributed by atoms with Gasteiger partial charge in [0.25, 0.3) is 0 Å². The second-order valence-electron chi connectivity index (χ2n) is 2.85. The molecule has 0 amide bonds. The molecule has 0 saturated heterocycles. The number of aromatic nitrogens is 2. The summed E-state index contributed by atoms with van der Waals surface area (Å²) < 4.78 is 18.1. The molecule has 0 N–H and O–H groups in total. The number of hydrogen-bond donors (Lipinski definition) is 0. The lowest BCUT2D eigenvalue weighted by atomic mass is 10.4. The van der Waals surface area contributed by atoms with Gasteiger partial charge >= 0.3 is 0 Å². The summed E-state index contributed by atoms with van der Waals surface area (Å²) in [6.07, 6.45) is 0. The fourth-order valence-corrected chi connectivity index (χ4v) is 1.87. The summed E-state index contributed by atoms with van der Waals surface area (Å²) in [5, 5.41) is 0.437. The normalized spacial score (nSPS) is 10.6. The number of rotatable bonds is 7. The molecule has 86 valence electrons. The zero-order chi connectivity index (χ0) is 11.1. The van der Waals surface area contributed by atoms with Crippen LogP contribution in [0.5, 0.6) is 0 Å². The van der Waals surface area contributed by atoms with Gasteiger partial charge in [-0.25, -0.2) is 0 Å². The van der Waals surface area contributed by atoms with E-state index in [1.165, 1.54) is 0 Å². The highest BCUT2D eigenvalue weighted by Gasteiger charge is 2.13. The minimum atomic E-state index is 0.437. The summed E-state index contributed by atoms with van der Waals surface area (Å²) >= 11 is 7.01. The van der Waals surface area contributed by atoms with Gasteiger partial charge in [0.15, 0.2) is 11.0 Å². The quantitative estimate of drug-likeness (QED) is 0.731. The molecule has 0 aliphatic heterocycles. The number of nitrogens with zero attached hydrogens (tertiary/aromatic N) is 3. The van der Waals surface area contributed by atoms with Gasteiger partial charge in [-0.3, -0.25) is 0 Å². The Morgan fingerprint density at radius 3 is 2.20 bits per heavy atom. The largest absolute Gasteiger partial charge is 0.383 e. The minimum absolute atomic E-state index is 0.437. The van der Waals surface area contributed by atoms with Crippen molar-refractivity contribution in [3.63, 3.8) is 0 Å². The van der Waals surface area contributed by atoms with Crippen molar-refractivity contribution in [3.05, 3.63) is 5.15 Å². The lowest BCUT2D eigenvalue weighted by molar-refractivity contribution is 0.190. The van der Waals surface area contributed by atoms with Gasteiger partial charge in [-0.2, -0.15) is 8.75 Å². The van der Waals surface area contributed by atoms with Crippen molar-refractivity contribution in [1.29, 1.82) is 0 Å². The fraction of sp³-hybridized carbons (Fsp3) is 0.750. The van der Waals surface area contributed by atoms with E-state index in [9.17, 15) is 0 Å². The first-order valence-electron chi connectivity index (χ1n) is 4.50. The Morgan fingerprint density at radius 2 is 1.80 bits per heavy atom. The molecule has 0 aliphatic carbocycles. The van der Waals surface area contributed by atoms with Crippen LogP contribution in [-0.4, -0.2) is 49.3 Å². The van der Waals surface area contributed by atoms with E-state index in [4.69, 9.17) is 21.1 Å². The zero-order valence-electron chi connectivity index (χ0n) is 8.77. The Labute approximate surface area is 98.3 Å². The molecule has 15 heavy (non-hydrogen) atoms. The van der Waals surface area contributed by atoms with Gasteiger partial charge in [-0.1, -0.05) is 11.6 Å². The molecule has 1 aromatic heterocycles. The van der Waals surface area contributed by atoms with Gasteiger partial charge in [0, 0.05) is 27.3 Å². The van der Waals surface area contributed by atoms with Gasteiger partial charge in [-0.05, 0) is 0 Å². The van der Waals surface area contributed by atoms with Crippen LogP contribution in [0, 0.1) is 0 Å². The molecule has 0 spiro atoms. The van der Waals surface area contributed by atoms with Crippen molar-refractivity contribution in [2.24, 2.45) is 0 Å². The monoisotopic (exact) mass is 251 g/mol. The molecule has 0 unspecified atom stereocenters. The molecular formula is C8H14ClN3O2S. The summed E-state index contributed by atoms with van der Waals surface area (Å²) in [6.45, 7) is 2.70. The third-order valence-electron chi connectivity index (χ3n) is 1.86. The number of anilines is 1. The van der Waals surface area contributed by atoms with Crippen LogP contribution in [0.4, 0.5) is 5.82 Å². The van der Waals surface area contributed by atoms with Crippen LogP contribution < -0.4 is 4.90 Å². The third kappa shape index (κ3) is 3.90. The third-order valence-corrected chi connectivity index (χ3v) is 2.74. The van der Waals surface area contributed by atoms with Crippen molar-refractivity contribution in [2.75, 3.05) is 45.4 Å². The van der Waals surface area contributed by atoms with Crippen LogP contribution in [0.2, 0.25) is 5.15 Å². The fourth-order valence-electron chi connectivity index (χ4n) is 1.09. The van der Waals surface area contributed by atoms with Crippen LogP contribution in [-0.2, 0) is 9.47 Å². The summed E-state index contributed by atoms with van der Waals surface area (Å²) in [5.74, 6) is 0.704. The van der Waals surface area contributed by atoms with E-state index in [0.29, 0.717) is 24.2 Å². The van der Waals surface area contributed by atoms with Crippen molar-refractivity contribution in [3.8, 4) is 0 Å². The van der Waals surface area contributed by atoms with E-state index >= 15 is 0 Å². The van der Waals surface area contributed by atoms with Crippen LogP contribution in [0.15, 0.2) is 0 Å². The van der Waals surface area contributed by atoms with Crippen LogP contribution >= 0.6 is 23.3 Å². The molecule has 0 aromatic carbocycles. The SMILES string of the molecule is COCCN(CCOC)c1nsnc1Cl. The van der Waals surface area contributed by atoms with Crippen LogP contribution in [0.3, 0.4) is 0 Å². The molecule has 1 heterocycles. The Hall–Kier alpha value is -0.430. The van der Waals surface area contributed by atoms with Crippen molar-refractivity contribution < 1.29 is 9.47 Å². The topological polar surface area (TPSA) is 47.5 Å². The van der Waals surface area contributed by atoms with Crippen molar-refractivity contribution >= 4 is 29.1 Å². The minimum Gasteiger partial charge on any atom is -0.383 e. The summed E-state index contributed by atoms with van der Waals surface area (Å²) in [6, 6.07) is 0. The maximum atomic E-state index is 5.91. The highest BCUT2D eigenvalue weighted by Crippen LogP contribution is 2.22. The molecular weight excluding hydrogens is 238 g/mol. The molecule has 1 aromatic rings. The van der Waals surface area contributed by atoms with Crippen molar-refractivity contribution in [1.82, 2.24) is 8.75 Å². The molecule has 0 bridgehead atoms. The van der Waals surface area contributed by atoms with E-state index in [2.05, 4.69) is 8.75 Å². The van der Waals surface area contributed by atoms with Gasteiger partial charge in [-0.15, -0.1) is 0 Å². The predicted octanol–water partition coefficient (Wildman–Crippen LogP) is 1.29.